The van der Waals surface area contributed by atoms with E-state index in [0.717, 1.165) is 11.0 Å². The van der Waals surface area contributed by atoms with Crippen LogP contribution >= 0.6 is 0 Å². The van der Waals surface area contributed by atoms with Gasteiger partial charge in [0, 0.05) is 23.7 Å². The molecule has 1 unspecified atom stereocenters. The van der Waals surface area contributed by atoms with E-state index in [1.165, 1.54) is 19.2 Å². The molecule has 1 aromatic heterocycles. The van der Waals surface area contributed by atoms with Gasteiger partial charge in [0.25, 0.3) is 0 Å². The predicted molar refractivity (Wildman–Crippen MR) is 102 cm³/mol. The van der Waals surface area contributed by atoms with E-state index < -0.39 is 41.6 Å². The van der Waals surface area contributed by atoms with E-state index in [9.17, 15) is 31.9 Å². The zero-order chi connectivity index (χ0) is 23.0. The first-order valence-electron chi connectivity index (χ1n) is 9.60. The smallest absolute Gasteiger partial charge is 0.401 e. The van der Waals surface area contributed by atoms with Gasteiger partial charge in [-0.15, -0.1) is 0 Å². The summed E-state index contributed by atoms with van der Waals surface area (Å²) in [5.74, 6) is -3.09. The second-order valence-corrected chi connectivity index (χ2v) is 7.69. The number of hydrogen-bond acceptors (Lipinski definition) is 4. The van der Waals surface area contributed by atoms with E-state index in [0.29, 0.717) is 24.5 Å². The van der Waals surface area contributed by atoms with Crippen LogP contribution in [0.2, 0.25) is 0 Å². The molecule has 0 bridgehead atoms. The number of fused-ring (bicyclic) bond motifs is 1. The third kappa shape index (κ3) is 5.12. The van der Waals surface area contributed by atoms with Crippen molar-refractivity contribution in [2.45, 2.75) is 38.0 Å². The lowest BCUT2D eigenvalue weighted by molar-refractivity contribution is -0.148. The highest BCUT2D eigenvalue weighted by Crippen LogP contribution is 2.41. The minimum Gasteiger partial charge on any atom is -0.477 e. The van der Waals surface area contributed by atoms with Gasteiger partial charge in [0.2, 0.25) is 5.88 Å². The molecule has 0 saturated heterocycles. The number of aromatic nitrogens is 1. The lowest BCUT2D eigenvalue weighted by atomic mass is 9.86. The summed E-state index contributed by atoms with van der Waals surface area (Å²) in [6.45, 7) is 0.579. The predicted octanol–water partition coefficient (Wildman–Crippen LogP) is 4.69. The number of ether oxygens (including phenoxy) is 1. The van der Waals surface area contributed by atoms with Gasteiger partial charge < -0.3 is 9.84 Å². The summed E-state index contributed by atoms with van der Waals surface area (Å²) < 4.78 is 72.0. The second kappa shape index (κ2) is 8.41. The first-order valence-corrected chi connectivity index (χ1v) is 9.60. The SMILES string of the molecule is CCC1(CN(C)CC(F)(F)F)CCc2c(-c3ccc(F)cc3F)cc(C(=O)O)nc2O1. The molecule has 3 rings (SSSR count). The third-order valence-corrected chi connectivity index (χ3v) is 5.32. The number of hydrogen-bond donors (Lipinski definition) is 1. The van der Waals surface area contributed by atoms with Crippen molar-refractivity contribution >= 4 is 5.97 Å². The van der Waals surface area contributed by atoms with Crippen LogP contribution in [-0.2, 0) is 6.42 Å². The lowest BCUT2D eigenvalue weighted by Gasteiger charge is -2.40. The molecule has 2 heterocycles. The average Bonchev–Trinajstić information content (AvgIpc) is 2.65. The maximum atomic E-state index is 14.4. The number of aromatic carboxylic acids is 1. The molecular weight excluding hydrogens is 423 g/mol. The Bertz CT molecular complexity index is 996. The number of nitrogens with zero attached hydrogens (tertiary/aromatic N) is 2. The topological polar surface area (TPSA) is 62.7 Å². The Hall–Kier alpha value is -2.75. The number of carboxylic acid groups (broad SMARTS) is 1. The quantitative estimate of drug-likeness (QED) is 0.655. The summed E-state index contributed by atoms with van der Waals surface area (Å²) in [7, 11) is 1.32. The minimum atomic E-state index is -4.38. The molecule has 1 aliphatic rings. The van der Waals surface area contributed by atoms with Crippen LogP contribution < -0.4 is 4.74 Å². The molecule has 1 atom stereocenters. The number of pyridine rings is 1. The van der Waals surface area contributed by atoms with Crippen molar-refractivity contribution in [1.82, 2.24) is 9.88 Å². The molecule has 168 valence electrons. The van der Waals surface area contributed by atoms with E-state index in [4.69, 9.17) is 4.74 Å². The zero-order valence-corrected chi connectivity index (χ0v) is 16.9. The highest BCUT2D eigenvalue weighted by Gasteiger charge is 2.40. The number of benzene rings is 1. The summed E-state index contributed by atoms with van der Waals surface area (Å²) in [4.78, 5) is 16.7. The van der Waals surface area contributed by atoms with Gasteiger partial charge >= 0.3 is 12.1 Å². The summed E-state index contributed by atoms with van der Waals surface area (Å²) in [5, 5.41) is 9.43. The van der Waals surface area contributed by atoms with Gasteiger partial charge in [0.05, 0.1) is 6.54 Å². The Labute approximate surface area is 175 Å². The third-order valence-electron chi connectivity index (χ3n) is 5.32. The van der Waals surface area contributed by atoms with Gasteiger partial charge in [-0.1, -0.05) is 6.92 Å². The molecule has 2 aromatic rings. The van der Waals surface area contributed by atoms with Crippen molar-refractivity contribution in [3.8, 4) is 17.0 Å². The average molecular weight is 444 g/mol. The van der Waals surface area contributed by atoms with Crippen molar-refractivity contribution in [1.29, 1.82) is 0 Å². The van der Waals surface area contributed by atoms with Crippen LogP contribution in [0.4, 0.5) is 22.0 Å². The molecule has 31 heavy (non-hydrogen) atoms. The second-order valence-electron chi connectivity index (χ2n) is 7.69. The fraction of sp³-hybridized carbons (Fsp3) is 0.429. The van der Waals surface area contributed by atoms with Gasteiger partial charge in [-0.25, -0.2) is 18.6 Å². The van der Waals surface area contributed by atoms with Crippen molar-refractivity contribution < 1.29 is 36.6 Å². The van der Waals surface area contributed by atoms with E-state index in [2.05, 4.69) is 4.98 Å². The van der Waals surface area contributed by atoms with Gasteiger partial charge in [-0.05, 0) is 50.1 Å². The normalized spacial score (nSPS) is 18.6. The van der Waals surface area contributed by atoms with Crippen molar-refractivity contribution in [2.75, 3.05) is 20.1 Å². The van der Waals surface area contributed by atoms with Crippen LogP contribution in [-0.4, -0.2) is 52.9 Å². The molecule has 0 aliphatic carbocycles. The van der Waals surface area contributed by atoms with Crippen LogP contribution in [0.3, 0.4) is 0 Å². The van der Waals surface area contributed by atoms with Crippen LogP contribution in [0.1, 0.15) is 35.8 Å². The Morgan fingerprint density at radius 1 is 1.26 bits per heavy atom. The monoisotopic (exact) mass is 444 g/mol. The molecule has 1 aliphatic heterocycles. The van der Waals surface area contributed by atoms with E-state index in [1.807, 2.05) is 0 Å². The number of likely N-dealkylation sites (N-methyl/N-ethyl adjacent to an activating group) is 1. The molecule has 1 N–H and O–H groups in total. The molecule has 0 spiro atoms. The summed E-state index contributed by atoms with van der Waals surface area (Å²) in [6, 6.07) is 4.13. The summed E-state index contributed by atoms with van der Waals surface area (Å²) in [5.41, 5.74) is -0.806. The largest absolute Gasteiger partial charge is 0.477 e. The van der Waals surface area contributed by atoms with Crippen molar-refractivity contribution in [3.63, 3.8) is 0 Å². The molecule has 5 nitrogen and oxygen atoms in total. The number of alkyl halides is 3. The Balaban J connectivity index is 2.03. The molecular formula is C21H21F5N2O3. The first kappa shape index (κ1) is 22.9. The van der Waals surface area contributed by atoms with Crippen LogP contribution in [0, 0.1) is 11.6 Å². The number of rotatable bonds is 6. The van der Waals surface area contributed by atoms with E-state index in [1.54, 1.807) is 6.92 Å². The fourth-order valence-electron chi connectivity index (χ4n) is 3.87. The minimum absolute atomic E-state index is 0.00987. The molecule has 1 aromatic carbocycles. The molecule has 0 radical (unpaired) electrons. The Kier molecular flexibility index (Phi) is 6.22. The van der Waals surface area contributed by atoms with Crippen LogP contribution in [0.15, 0.2) is 24.3 Å². The van der Waals surface area contributed by atoms with Gasteiger partial charge in [-0.2, -0.15) is 13.2 Å². The van der Waals surface area contributed by atoms with Crippen LogP contribution in [0.25, 0.3) is 11.1 Å². The van der Waals surface area contributed by atoms with Gasteiger partial charge in [0.1, 0.15) is 17.2 Å². The number of halogens is 5. The van der Waals surface area contributed by atoms with E-state index in [-0.39, 0.29) is 30.0 Å². The maximum absolute atomic E-state index is 14.4. The Morgan fingerprint density at radius 3 is 2.55 bits per heavy atom. The molecule has 0 amide bonds. The van der Waals surface area contributed by atoms with Crippen molar-refractivity contribution in [3.05, 3.63) is 47.2 Å². The number of carboxylic acids is 1. The highest BCUT2D eigenvalue weighted by molar-refractivity contribution is 5.88. The summed E-state index contributed by atoms with van der Waals surface area (Å²) in [6.07, 6.45) is -3.42. The van der Waals surface area contributed by atoms with Crippen LogP contribution in [0.5, 0.6) is 5.88 Å². The maximum Gasteiger partial charge on any atom is 0.401 e. The fourth-order valence-corrected chi connectivity index (χ4v) is 3.87. The zero-order valence-electron chi connectivity index (χ0n) is 16.9. The standard InChI is InChI=1S/C21H21F5N2O3/c1-3-20(10-28(2)11-21(24,25)26)7-6-14-15(13-5-4-12(22)8-16(13)23)9-17(19(29)30)27-18(14)31-20/h4-5,8-9H,3,6-7,10-11H2,1-2H3,(H,29,30). The highest BCUT2D eigenvalue weighted by atomic mass is 19.4. The van der Waals surface area contributed by atoms with E-state index >= 15 is 0 Å². The molecule has 0 fully saturated rings. The first-order chi connectivity index (χ1) is 14.4. The molecule has 10 heteroatoms. The van der Waals surface area contributed by atoms with Gasteiger partial charge in [0.15, 0.2) is 5.69 Å². The molecule has 0 saturated carbocycles. The van der Waals surface area contributed by atoms with Crippen molar-refractivity contribution in [2.24, 2.45) is 0 Å². The lowest BCUT2D eigenvalue weighted by Crippen LogP contribution is -2.50. The van der Waals surface area contributed by atoms with Gasteiger partial charge in [-0.3, -0.25) is 4.90 Å². The summed E-state index contributed by atoms with van der Waals surface area (Å²) >= 11 is 0. The number of carbonyl (C=O) groups is 1. The Morgan fingerprint density at radius 2 is 1.97 bits per heavy atom.